The second-order valence-corrected chi connectivity index (χ2v) is 8.46. The van der Waals surface area contributed by atoms with Gasteiger partial charge in [0.15, 0.2) is 5.82 Å². The van der Waals surface area contributed by atoms with Crippen molar-refractivity contribution in [3.05, 3.63) is 70.5 Å². The Morgan fingerprint density at radius 2 is 1.91 bits per heavy atom. The van der Waals surface area contributed by atoms with Crippen molar-refractivity contribution in [1.82, 2.24) is 34.7 Å². The molecule has 0 saturated carbocycles. The van der Waals surface area contributed by atoms with Gasteiger partial charge in [0.05, 0.1) is 12.2 Å². The summed E-state index contributed by atoms with van der Waals surface area (Å²) in [7, 11) is 0. The molecule has 0 spiro atoms. The summed E-state index contributed by atoms with van der Waals surface area (Å²) in [6, 6.07) is 11.9. The standard InChI is InChI=1S/C24H29N7O/c1-4-7-19-16-30(13-12-17(2)3)24(32)31(19)15-18-10-11-22(25-14-18)20-8-5-6-9-21(20)23-26-28-29-27-23/h5-6,8-11,14,16-17H,4,7,12-13,15H2,1-3H3,(H,26,27,28,29). The molecule has 0 aliphatic rings. The molecule has 4 aromatic rings. The third-order valence-electron chi connectivity index (χ3n) is 5.55. The predicted octanol–water partition coefficient (Wildman–Crippen LogP) is 3.94. The first-order valence-electron chi connectivity index (χ1n) is 11.1. The highest BCUT2D eigenvalue weighted by atomic mass is 16.1. The van der Waals surface area contributed by atoms with Gasteiger partial charge in [-0.2, -0.15) is 0 Å². The molecule has 4 rings (SSSR count). The minimum Gasteiger partial charge on any atom is -0.299 e. The number of benzene rings is 1. The minimum absolute atomic E-state index is 0.0568. The molecule has 0 aliphatic heterocycles. The number of aromatic nitrogens is 7. The lowest BCUT2D eigenvalue weighted by Crippen LogP contribution is -2.26. The second-order valence-electron chi connectivity index (χ2n) is 8.46. The van der Waals surface area contributed by atoms with Crippen molar-refractivity contribution in [3.63, 3.8) is 0 Å². The predicted molar refractivity (Wildman–Crippen MR) is 124 cm³/mol. The van der Waals surface area contributed by atoms with Crippen LogP contribution in [0.15, 0.2) is 53.6 Å². The summed E-state index contributed by atoms with van der Waals surface area (Å²) in [4.78, 5) is 17.7. The van der Waals surface area contributed by atoms with Gasteiger partial charge in [0.25, 0.3) is 0 Å². The fraction of sp³-hybridized carbons (Fsp3) is 0.375. The molecule has 0 aliphatic carbocycles. The van der Waals surface area contributed by atoms with E-state index in [1.54, 1.807) is 0 Å². The Hall–Kier alpha value is -3.55. The van der Waals surface area contributed by atoms with Crippen LogP contribution >= 0.6 is 0 Å². The minimum atomic E-state index is 0.0568. The Morgan fingerprint density at radius 1 is 1.09 bits per heavy atom. The molecule has 0 radical (unpaired) electrons. The van der Waals surface area contributed by atoms with E-state index in [1.807, 2.05) is 57.9 Å². The lowest BCUT2D eigenvalue weighted by atomic mass is 10.0. The maximum atomic E-state index is 13.0. The smallest absolute Gasteiger partial charge is 0.299 e. The zero-order chi connectivity index (χ0) is 22.5. The van der Waals surface area contributed by atoms with E-state index >= 15 is 0 Å². The number of hydrogen-bond acceptors (Lipinski definition) is 5. The quantitative estimate of drug-likeness (QED) is 0.433. The molecule has 1 N–H and O–H groups in total. The Balaban J connectivity index is 1.60. The Morgan fingerprint density at radius 3 is 2.56 bits per heavy atom. The van der Waals surface area contributed by atoms with E-state index in [-0.39, 0.29) is 5.69 Å². The van der Waals surface area contributed by atoms with Crippen LogP contribution in [0.2, 0.25) is 0 Å². The molecule has 0 fully saturated rings. The van der Waals surface area contributed by atoms with Crippen LogP contribution in [0.1, 0.15) is 44.9 Å². The number of nitrogens with zero attached hydrogens (tertiary/aromatic N) is 6. The highest BCUT2D eigenvalue weighted by Gasteiger charge is 2.14. The molecular formula is C24H29N7O. The zero-order valence-corrected chi connectivity index (χ0v) is 18.8. The number of pyridine rings is 1. The highest BCUT2D eigenvalue weighted by molar-refractivity contribution is 5.78. The summed E-state index contributed by atoms with van der Waals surface area (Å²) in [6.07, 6.45) is 6.74. The van der Waals surface area contributed by atoms with E-state index in [0.717, 1.165) is 53.9 Å². The number of hydrogen-bond donors (Lipinski definition) is 1. The summed E-state index contributed by atoms with van der Waals surface area (Å²) >= 11 is 0. The normalized spacial score (nSPS) is 11.4. The molecule has 32 heavy (non-hydrogen) atoms. The van der Waals surface area contributed by atoms with E-state index < -0.39 is 0 Å². The molecule has 0 amide bonds. The van der Waals surface area contributed by atoms with Crippen molar-refractivity contribution in [3.8, 4) is 22.6 Å². The van der Waals surface area contributed by atoms with Gasteiger partial charge in [0, 0.05) is 35.8 Å². The summed E-state index contributed by atoms with van der Waals surface area (Å²) in [5, 5.41) is 14.2. The van der Waals surface area contributed by atoms with Gasteiger partial charge in [-0.25, -0.2) is 9.89 Å². The number of nitrogens with one attached hydrogen (secondary N) is 1. The topological polar surface area (TPSA) is 94.3 Å². The molecule has 0 atom stereocenters. The van der Waals surface area contributed by atoms with E-state index in [0.29, 0.717) is 18.3 Å². The zero-order valence-electron chi connectivity index (χ0n) is 18.8. The number of aryl methyl sites for hydroxylation is 2. The van der Waals surface area contributed by atoms with Crippen LogP contribution in [-0.4, -0.2) is 34.7 Å². The van der Waals surface area contributed by atoms with E-state index in [4.69, 9.17) is 0 Å². The first-order chi connectivity index (χ1) is 15.6. The number of rotatable bonds is 9. The summed E-state index contributed by atoms with van der Waals surface area (Å²) in [6.45, 7) is 7.77. The van der Waals surface area contributed by atoms with Crippen molar-refractivity contribution < 1.29 is 0 Å². The lowest BCUT2D eigenvalue weighted by molar-refractivity contribution is 0.502. The van der Waals surface area contributed by atoms with Crippen molar-refractivity contribution in [2.24, 2.45) is 5.92 Å². The Kier molecular flexibility index (Phi) is 6.58. The monoisotopic (exact) mass is 431 g/mol. The van der Waals surface area contributed by atoms with Crippen molar-refractivity contribution >= 4 is 0 Å². The van der Waals surface area contributed by atoms with Gasteiger partial charge in [-0.1, -0.05) is 57.5 Å². The van der Waals surface area contributed by atoms with Crippen LogP contribution < -0.4 is 5.69 Å². The van der Waals surface area contributed by atoms with Crippen LogP contribution in [0.3, 0.4) is 0 Å². The van der Waals surface area contributed by atoms with Gasteiger partial charge < -0.3 is 0 Å². The van der Waals surface area contributed by atoms with Gasteiger partial charge in [0.1, 0.15) is 0 Å². The molecule has 8 heteroatoms. The van der Waals surface area contributed by atoms with E-state index in [1.165, 1.54) is 0 Å². The van der Waals surface area contributed by atoms with E-state index in [2.05, 4.69) is 46.4 Å². The first kappa shape index (κ1) is 21.7. The number of H-pyrrole nitrogens is 1. The lowest BCUT2D eigenvalue weighted by Gasteiger charge is -2.09. The highest BCUT2D eigenvalue weighted by Crippen LogP contribution is 2.28. The summed E-state index contributed by atoms with van der Waals surface area (Å²) < 4.78 is 3.74. The van der Waals surface area contributed by atoms with Gasteiger partial charge in [-0.3, -0.25) is 14.1 Å². The van der Waals surface area contributed by atoms with Gasteiger partial charge in [0.2, 0.25) is 0 Å². The maximum absolute atomic E-state index is 13.0. The van der Waals surface area contributed by atoms with Crippen LogP contribution in [0, 0.1) is 5.92 Å². The SMILES string of the molecule is CCCc1cn(CCC(C)C)c(=O)n1Cc1ccc(-c2ccccc2-c2nnn[nH]2)nc1. The number of tetrazole rings is 1. The van der Waals surface area contributed by atoms with Crippen LogP contribution in [0.5, 0.6) is 0 Å². The van der Waals surface area contributed by atoms with Crippen LogP contribution in [0.4, 0.5) is 0 Å². The fourth-order valence-corrected chi connectivity index (χ4v) is 3.81. The summed E-state index contributed by atoms with van der Waals surface area (Å²) in [5.41, 5.74) is 4.79. The van der Waals surface area contributed by atoms with Gasteiger partial charge in [-0.05, 0) is 40.8 Å². The average molecular weight is 432 g/mol. The average Bonchev–Trinajstić information content (AvgIpc) is 3.43. The van der Waals surface area contributed by atoms with Crippen molar-refractivity contribution in [2.45, 2.75) is 53.1 Å². The van der Waals surface area contributed by atoms with Gasteiger partial charge >= 0.3 is 5.69 Å². The Labute approximate surface area is 187 Å². The molecule has 0 bridgehead atoms. The molecule has 1 aromatic carbocycles. The first-order valence-corrected chi connectivity index (χ1v) is 11.1. The number of imidazole rings is 1. The number of aromatic amines is 1. The fourth-order valence-electron chi connectivity index (χ4n) is 3.81. The molecule has 3 heterocycles. The van der Waals surface area contributed by atoms with Crippen LogP contribution in [-0.2, 0) is 19.5 Å². The third kappa shape index (κ3) is 4.69. The molecule has 3 aromatic heterocycles. The second kappa shape index (κ2) is 9.72. The molecule has 166 valence electrons. The van der Waals surface area contributed by atoms with Crippen molar-refractivity contribution in [1.29, 1.82) is 0 Å². The van der Waals surface area contributed by atoms with Crippen LogP contribution in [0.25, 0.3) is 22.6 Å². The van der Waals surface area contributed by atoms with Gasteiger partial charge in [-0.15, -0.1) is 5.10 Å². The maximum Gasteiger partial charge on any atom is 0.328 e. The van der Waals surface area contributed by atoms with Crippen molar-refractivity contribution in [2.75, 3.05) is 0 Å². The third-order valence-corrected chi connectivity index (χ3v) is 5.55. The van der Waals surface area contributed by atoms with E-state index in [9.17, 15) is 4.79 Å². The summed E-state index contributed by atoms with van der Waals surface area (Å²) in [5.74, 6) is 1.16. The largest absolute Gasteiger partial charge is 0.328 e. The molecule has 0 unspecified atom stereocenters. The Bertz CT molecular complexity index is 1200. The molecule has 8 nitrogen and oxygen atoms in total. The molecule has 0 saturated heterocycles. The molecular weight excluding hydrogens is 402 g/mol.